The van der Waals surface area contributed by atoms with Crippen LogP contribution < -0.4 is 5.32 Å². The van der Waals surface area contributed by atoms with Gasteiger partial charge in [-0.25, -0.2) is 0 Å². The molecule has 0 atom stereocenters. The van der Waals surface area contributed by atoms with E-state index in [0.717, 1.165) is 19.1 Å². The van der Waals surface area contributed by atoms with Crippen molar-refractivity contribution in [3.8, 4) is 0 Å². The molecule has 2 aliphatic rings. The van der Waals surface area contributed by atoms with Gasteiger partial charge in [-0.05, 0) is 24.7 Å². The quantitative estimate of drug-likeness (QED) is 0.695. The van der Waals surface area contributed by atoms with Crippen molar-refractivity contribution in [3.05, 3.63) is 12.2 Å². The van der Waals surface area contributed by atoms with Crippen LogP contribution in [-0.4, -0.2) is 37.1 Å². The number of hydrogen-bond donors (Lipinski definition) is 1. The fourth-order valence-electron chi connectivity index (χ4n) is 2.20. The Labute approximate surface area is 93.7 Å². The monoisotopic (exact) mass is 208 g/mol. The molecule has 0 spiro atoms. The largest absolute Gasteiger partial charge is 0.313 e. The fraction of sp³-hybridized carbons (Fsp3) is 0.846. The van der Waals surface area contributed by atoms with Crippen molar-refractivity contribution in [2.75, 3.05) is 26.2 Å². The molecule has 1 heterocycles. The summed E-state index contributed by atoms with van der Waals surface area (Å²) in [5.74, 6) is 0. The predicted octanol–water partition coefficient (Wildman–Crippen LogP) is 2.03. The summed E-state index contributed by atoms with van der Waals surface area (Å²) >= 11 is 0. The first-order valence-corrected chi connectivity index (χ1v) is 6.26. The molecule has 0 amide bonds. The molecule has 1 aliphatic heterocycles. The van der Waals surface area contributed by atoms with Gasteiger partial charge >= 0.3 is 0 Å². The van der Waals surface area contributed by atoms with Crippen LogP contribution in [0.15, 0.2) is 12.2 Å². The minimum absolute atomic E-state index is 0.410. The fourth-order valence-corrected chi connectivity index (χ4v) is 2.20. The lowest BCUT2D eigenvalue weighted by Crippen LogP contribution is -2.42. The molecule has 15 heavy (non-hydrogen) atoms. The Kier molecular flexibility index (Phi) is 3.47. The summed E-state index contributed by atoms with van der Waals surface area (Å²) in [7, 11) is 0. The van der Waals surface area contributed by atoms with Crippen LogP contribution in [0, 0.1) is 5.41 Å². The SMILES string of the molecule is CC(C)(CNC1CC1)CN1CC=CCC1. The Morgan fingerprint density at radius 1 is 1.33 bits per heavy atom. The van der Waals surface area contributed by atoms with Crippen molar-refractivity contribution in [1.29, 1.82) is 0 Å². The highest BCUT2D eigenvalue weighted by molar-refractivity contribution is 4.93. The van der Waals surface area contributed by atoms with Crippen LogP contribution in [0.3, 0.4) is 0 Å². The molecule has 0 aromatic carbocycles. The van der Waals surface area contributed by atoms with Gasteiger partial charge in [0.15, 0.2) is 0 Å². The Balaban J connectivity index is 1.71. The highest BCUT2D eigenvalue weighted by Crippen LogP contribution is 2.22. The first-order valence-electron chi connectivity index (χ1n) is 6.26. The van der Waals surface area contributed by atoms with E-state index in [-0.39, 0.29) is 0 Å². The molecule has 1 saturated carbocycles. The summed E-state index contributed by atoms with van der Waals surface area (Å²) in [6.45, 7) is 9.52. The van der Waals surface area contributed by atoms with Crippen molar-refractivity contribution < 1.29 is 0 Å². The second kappa shape index (κ2) is 4.67. The Bertz CT molecular complexity index is 229. The lowest BCUT2D eigenvalue weighted by atomic mass is 9.92. The minimum Gasteiger partial charge on any atom is -0.313 e. The maximum absolute atomic E-state index is 3.64. The summed E-state index contributed by atoms with van der Waals surface area (Å²) in [4.78, 5) is 2.56. The summed E-state index contributed by atoms with van der Waals surface area (Å²) in [6.07, 6.45) is 8.61. The Morgan fingerprint density at radius 3 is 2.73 bits per heavy atom. The number of nitrogens with zero attached hydrogens (tertiary/aromatic N) is 1. The average molecular weight is 208 g/mol. The van der Waals surface area contributed by atoms with Crippen LogP contribution in [0.25, 0.3) is 0 Å². The molecular weight excluding hydrogens is 184 g/mol. The van der Waals surface area contributed by atoms with E-state index in [1.54, 1.807) is 0 Å². The van der Waals surface area contributed by atoms with Gasteiger partial charge in [-0.2, -0.15) is 0 Å². The van der Waals surface area contributed by atoms with Gasteiger partial charge in [-0.3, -0.25) is 4.90 Å². The average Bonchev–Trinajstić information content (AvgIpc) is 2.99. The normalized spacial score (nSPS) is 23.3. The zero-order valence-corrected chi connectivity index (χ0v) is 10.1. The number of rotatable bonds is 5. The maximum atomic E-state index is 3.64. The smallest absolute Gasteiger partial charge is 0.0163 e. The molecule has 2 rings (SSSR count). The number of hydrogen-bond acceptors (Lipinski definition) is 2. The number of nitrogens with one attached hydrogen (secondary N) is 1. The van der Waals surface area contributed by atoms with Crippen molar-refractivity contribution in [2.24, 2.45) is 5.41 Å². The predicted molar refractivity (Wildman–Crippen MR) is 65.0 cm³/mol. The van der Waals surface area contributed by atoms with Crippen LogP contribution in [0.2, 0.25) is 0 Å². The van der Waals surface area contributed by atoms with E-state index < -0.39 is 0 Å². The van der Waals surface area contributed by atoms with Gasteiger partial charge in [-0.1, -0.05) is 26.0 Å². The van der Waals surface area contributed by atoms with Gasteiger partial charge in [0.25, 0.3) is 0 Å². The third-order valence-electron chi connectivity index (χ3n) is 3.24. The topological polar surface area (TPSA) is 15.3 Å². The van der Waals surface area contributed by atoms with Gasteiger partial charge in [0.1, 0.15) is 0 Å². The molecule has 1 fully saturated rings. The summed E-state index contributed by atoms with van der Waals surface area (Å²) in [6, 6.07) is 0.838. The minimum atomic E-state index is 0.410. The molecular formula is C13H24N2. The molecule has 86 valence electrons. The van der Waals surface area contributed by atoms with E-state index in [9.17, 15) is 0 Å². The van der Waals surface area contributed by atoms with E-state index in [4.69, 9.17) is 0 Å². The molecule has 0 aromatic heterocycles. The summed E-state index contributed by atoms with van der Waals surface area (Å²) in [5, 5.41) is 3.64. The molecule has 2 nitrogen and oxygen atoms in total. The highest BCUT2D eigenvalue weighted by atomic mass is 15.1. The van der Waals surface area contributed by atoms with Crippen molar-refractivity contribution >= 4 is 0 Å². The maximum Gasteiger partial charge on any atom is 0.0163 e. The lowest BCUT2D eigenvalue weighted by molar-refractivity contribution is 0.185. The van der Waals surface area contributed by atoms with Crippen LogP contribution in [-0.2, 0) is 0 Å². The van der Waals surface area contributed by atoms with Gasteiger partial charge in [0, 0.05) is 32.2 Å². The van der Waals surface area contributed by atoms with E-state index >= 15 is 0 Å². The van der Waals surface area contributed by atoms with Crippen molar-refractivity contribution in [1.82, 2.24) is 10.2 Å². The summed E-state index contributed by atoms with van der Waals surface area (Å²) < 4.78 is 0. The van der Waals surface area contributed by atoms with Gasteiger partial charge in [0.05, 0.1) is 0 Å². The zero-order valence-electron chi connectivity index (χ0n) is 10.1. The second-order valence-corrected chi connectivity index (χ2v) is 5.81. The molecule has 2 heteroatoms. The molecule has 1 aliphatic carbocycles. The molecule has 0 bridgehead atoms. The first kappa shape index (κ1) is 11.2. The van der Waals surface area contributed by atoms with E-state index in [0.29, 0.717) is 5.41 Å². The Hall–Kier alpha value is -0.340. The van der Waals surface area contributed by atoms with Gasteiger partial charge in [-0.15, -0.1) is 0 Å². The Morgan fingerprint density at radius 2 is 2.13 bits per heavy atom. The molecule has 0 aromatic rings. The van der Waals surface area contributed by atoms with Gasteiger partial charge < -0.3 is 5.32 Å². The third-order valence-corrected chi connectivity index (χ3v) is 3.24. The molecule has 1 N–H and O–H groups in total. The zero-order chi connectivity index (χ0) is 10.7. The lowest BCUT2D eigenvalue weighted by Gasteiger charge is -2.33. The van der Waals surface area contributed by atoms with Crippen LogP contribution in [0.5, 0.6) is 0 Å². The second-order valence-electron chi connectivity index (χ2n) is 5.81. The van der Waals surface area contributed by atoms with E-state index in [1.807, 2.05) is 0 Å². The van der Waals surface area contributed by atoms with Crippen LogP contribution in [0.1, 0.15) is 33.1 Å². The first-order chi connectivity index (χ1) is 7.16. The molecule has 0 radical (unpaired) electrons. The van der Waals surface area contributed by atoms with E-state index in [1.165, 1.54) is 32.4 Å². The van der Waals surface area contributed by atoms with Crippen LogP contribution >= 0.6 is 0 Å². The third kappa shape index (κ3) is 3.96. The van der Waals surface area contributed by atoms with E-state index in [2.05, 4.69) is 36.2 Å². The summed E-state index contributed by atoms with van der Waals surface area (Å²) in [5.41, 5.74) is 0.410. The van der Waals surface area contributed by atoms with Crippen LogP contribution in [0.4, 0.5) is 0 Å². The standard InChI is InChI=1S/C13H24N2/c1-13(2,10-14-12-6-7-12)11-15-8-4-3-5-9-15/h3-4,12,14H,5-11H2,1-2H3. The molecule has 0 unspecified atom stereocenters. The van der Waals surface area contributed by atoms with Crippen molar-refractivity contribution in [2.45, 2.75) is 39.2 Å². The molecule has 0 saturated heterocycles. The van der Waals surface area contributed by atoms with Crippen molar-refractivity contribution in [3.63, 3.8) is 0 Å². The van der Waals surface area contributed by atoms with Gasteiger partial charge in [0.2, 0.25) is 0 Å². The highest BCUT2D eigenvalue weighted by Gasteiger charge is 2.26.